The SMILES string of the molecule is O=C(Nc1ccc2c(c1)OCO2)c1cc(-c2ccc(Cl)cc2)on1. The number of amides is 1. The number of nitrogens with one attached hydrogen (secondary N) is 1. The molecule has 0 spiro atoms. The average molecular weight is 343 g/mol. The molecule has 2 heterocycles. The van der Waals surface area contributed by atoms with E-state index in [2.05, 4.69) is 10.5 Å². The van der Waals surface area contributed by atoms with Gasteiger partial charge in [0.05, 0.1) is 0 Å². The summed E-state index contributed by atoms with van der Waals surface area (Å²) in [5.41, 5.74) is 1.55. The highest BCUT2D eigenvalue weighted by Crippen LogP contribution is 2.34. The zero-order valence-corrected chi connectivity index (χ0v) is 13.0. The normalized spacial score (nSPS) is 12.2. The van der Waals surface area contributed by atoms with E-state index in [1.54, 1.807) is 48.5 Å². The van der Waals surface area contributed by atoms with Gasteiger partial charge in [-0.2, -0.15) is 0 Å². The Hall–Kier alpha value is -2.99. The highest BCUT2D eigenvalue weighted by molar-refractivity contribution is 6.30. The number of aromatic nitrogens is 1. The minimum atomic E-state index is -0.377. The molecular formula is C17H11ClN2O4. The van der Waals surface area contributed by atoms with Gasteiger partial charge in [-0.1, -0.05) is 16.8 Å². The second kappa shape index (κ2) is 5.90. The molecule has 0 fully saturated rings. The Bertz CT molecular complexity index is 905. The van der Waals surface area contributed by atoms with Crippen LogP contribution in [0.4, 0.5) is 5.69 Å². The van der Waals surface area contributed by atoms with E-state index in [4.69, 9.17) is 25.6 Å². The first-order chi connectivity index (χ1) is 11.7. The summed E-state index contributed by atoms with van der Waals surface area (Å²) in [5.74, 6) is 1.36. The average Bonchev–Trinajstić information content (AvgIpc) is 3.24. The summed E-state index contributed by atoms with van der Waals surface area (Å²) in [6, 6.07) is 13.8. The molecule has 1 aliphatic rings. The van der Waals surface area contributed by atoms with Crippen molar-refractivity contribution < 1.29 is 18.8 Å². The van der Waals surface area contributed by atoms with Crippen LogP contribution in [0.15, 0.2) is 53.1 Å². The van der Waals surface area contributed by atoms with E-state index >= 15 is 0 Å². The Morgan fingerprint density at radius 1 is 1.04 bits per heavy atom. The van der Waals surface area contributed by atoms with Crippen LogP contribution in [0.1, 0.15) is 10.5 Å². The van der Waals surface area contributed by atoms with Crippen molar-refractivity contribution >= 4 is 23.2 Å². The van der Waals surface area contributed by atoms with Gasteiger partial charge in [-0.15, -0.1) is 0 Å². The maximum absolute atomic E-state index is 12.3. The fraction of sp³-hybridized carbons (Fsp3) is 0.0588. The molecule has 6 nitrogen and oxygen atoms in total. The van der Waals surface area contributed by atoms with Crippen LogP contribution in [0, 0.1) is 0 Å². The Morgan fingerprint density at radius 2 is 1.83 bits per heavy atom. The molecule has 0 radical (unpaired) electrons. The molecule has 3 aromatic rings. The Labute approximate surface area is 141 Å². The third-order valence-corrected chi connectivity index (χ3v) is 3.75. The van der Waals surface area contributed by atoms with Crippen molar-refractivity contribution in [1.29, 1.82) is 0 Å². The predicted molar refractivity (Wildman–Crippen MR) is 87.5 cm³/mol. The smallest absolute Gasteiger partial charge is 0.277 e. The lowest BCUT2D eigenvalue weighted by Crippen LogP contribution is -2.12. The summed E-state index contributed by atoms with van der Waals surface area (Å²) in [6.07, 6.45) is 0. The van der Waals surface area contributed by atoms with Crippen LogP contribution in [0.2, 0.25) is 5.02 Å². The number of ether oxygens (including phenoxy) is 2. The third-order valence-electron chi connectivity index (χ3n) is 3.50. The molecule has 0 bridgehead atoms. The van der Waals surface area contributed by atoms with E-state index in [1.165, 1.54) is 0 Å². The third kappa shape index (κ3) is 2.79. The van der Waals surface area contributed by atoms with E-state index in [-0.39, 0.29) is 18.4 Å². The molecule has 0 saturated carbocycles. The molecule has 1 aliphatic heterocycles. The number of nitrogens with zero attached hydrogens (tertiary/aromatic N) is 1. The van der Waals surface area contributed by atoms with E-state index in [0.717, 1.165) is 5.56 Å². The van der Waals surface area contributed by atoms with Crippen molar-refractivity contribution in [2.24, 2.45) is 0 Å². The van der Waals surface area contributed by atoms with Gasteiger partial charge in [-0.25, -0.2) is 0 Å². The number of benzene rings is 2. The maximum Gasteiger partial charge on any atom is 0.277 e. The molecule has 4 rings (SSSR count). The van der Waals surface area contributed by atoms with Crippen LogP contribution >= 0.6 is 11.6 Å². The first-order valence-corrected chi connectivity index (χ1v) is 7.50. The monoisotopic (exact) mass is 342 g/mol. The number of fused-ring (bicyclic) bond motifs is 1. The second-order valence-corrected chi connectivity index (χ2v) is 5.54. The summed E-state index contributed by atoms with van der Waals surface area (Å²) >= 11 is 5.86. The molecule has 1 aromatic heterocycles. The molecule has 0 aliphatic carbocycles. The van der Waals surface area contributed by atoms with Crippen molar-refractivity contribution in [3.05, 3.63) is 59.2 Å². The van der Waals surface area contributed by atoms with Crippen molar-refractivity contribution in [2.75, 3.05) is 12.1 Å². The fourth-order valence-corrected chi connectivity index (χ4v) is 2.43. The number of halogens is 1. The Morgan fingerprint density at radius 3 is 2.67 bits per heavy atom. The van der Waals surface area contributed by atoms with Crippen molar-refractivity contribution in [3.63, 3.8) is 0 Å². The van der Waals surface area contributed by atoms with E-state index in [0.29, 0.717) is 28.0 Å². The maximum atomic E-state index is 12.3. The van der Waals surface area contributed by atoms with Gasteiger partial charge >= 0.3 is 0 Å². The van der Waals surface area contributed by atoms with E-state index in [9.17, 15) is 4.79 Å². The highest BCUT2D eigenvalue weighted by atomic mass is 35.5. The van der Waals surface area contributed by atoms with Gasteiger partial charge in [0, 0.05) is 28.4 Å². The van der Waals surface area contributed by atoms with Crippen LogP contribution in [0.5, 0.6) is 11.5 Å². The van der Waals surface area contributed by atoms with Crippen LogP contribution in [-0.2, 0) is 0 Å². The molecular weight excluding hydrogens is 332 g/mol. The predicted octanol–water partition coefficient (Wildman–Crippen LogP) is 3.98. The fourth-order valence-electron chi connectivity index (χ4n) is 2.30. The van der Waals surface area contributed by atoms with Crippen LogP contribution in [0.25, 0.3) is 11.3 Å². The Balaban J connectivity index is 1.52. The zero-order chi connectivity index (χ0) is 16.5. The van der Waals surface area contributed by atoms with Crippen molar-refractivity contribution in [1.82, 2.24) is 5.16 Å². The Kier molecular flexibility index (Phi) is 3.59. The first kappa shape index (κ1) is 14.6. The van der Waals surface area contributed by atoms with Gasteiger partial charge < -0.3 is 19.3 Å². The molecule has 0 atom stereocenters. The van der Waals surface area contributed by atoms with Crippen LogP contribution in [0.3, 0.4) is 0 Å². The van der Waals surface area contributed by atoms with Crippen molar-refractivity contribution in [2.45, 2.75) is 0 Å². The van der Waals surface area contributed by atoms with Crippen LogP contribution in [-0.4, -0.2) is 17.9 Å². The largest absolute Gasteiger partial charge is 0.454 e. The minimum absolute atomic E-state index is 0.178. The summed E-state index contributed by atoms with van der Waals surface area (Å²) in [5, 5.41) is 7.18. The molecule has 0 saturated heterocycles. The number of anilines is 1. The lowest BCUT2D eigenvalue weighted by atomic mass is 10.1. The molecule has 1 amide bonds. The number of rotatable bonds is 3. The molecule has 1 N–H and O–H groups in total. The van der Waals surface area contributed by atoms with Crippen LogP contribution < -0.4 is 14.8 Å². The van der Waals surface area contributed by atoms with E-state index < -0.39 is 0 Å². The molecule has 0 unspecified atom stereocenters. The molecule has 2 aromatic carbocycles. The number of hydrogen-bond acceptors (Lipinski definition) is 5. The molecule has 24 heavy (non-hydrogen) atoms. The van der Waals surface area contributed by atoms with Gasteiger partial charge in [0.15, 0.2) is 23.0 Å². The molecule has 120 valence electrons. The van der Waals surface area contributed by atoms with E-state index in [1.807, 2.05) is 0 Å². The van der Waals surface area contributed by atoms with Gasteiger partial charge in [0.1, 0.15) is 0 Å². The van der Waals surface area contributed by atoms with Crippen molar-refractivity contribution in [3.8, 4) is 22.8 Å². The lowest BCUT2D eigenvalue weighted by Gasteiger charge is -2.03. The highest BCUT2D eigenvalue weighted by Gasteiger charge is 2.17. The number of hydrogen-bond donors (Lipinski definition) is 1. The van der Waals surface area contributed by atoms with Gasteiger partial charge in [-0.05, 0) is 36.4 Å². The minimum Gasteiger partial charge on any atom is -0.454 e. The summed E-state index contributed by atoms with van der Waals surface area (Å²) < 4.78 is 15.7. The van der Waals surface area contributed by atoms with Gasteiger partial charge in [0.25, 0.3) is 5.91 Å². The quantitative estimate of drug-likeness (QED) is 0.779. The number of carbonyl (C=O) groups excluding carboxylic acids is 1. The topological polar surface area (TPSA) is 73.6 Å². The number of carbonyl (C=O) groups is 1. The second-order valence-electron chi connectivity index (χ2n) is 5.11. The summed E-state index contributed by atoms with van der Waals surface area (Å²) in [6.45, 7) is 0.181. The summed E-state index contributed by atoms with van der Waals surface area (Å²) in [7, 11) is 0. The first-order valence-electron chi connectivity index (χ1n) is 7.13. The molecule has 7 heteroatoms. The van der Waals surface area contributed by atoms with Gasteiger partial charge in [0.2, 0.25) is 6.79 Å². The van der Waals surface area contributed by atoms with Gasteiger partial charge in [-0.3, -0.25) is 4.79 Å². The lowest BCUT2D eigenvalue weighted by molar-refractivity contribution is 0.101. The summed E-state index contributed by atoms with van der Waals surface area (Å²) in [4.78, 5) is 12.3. The zero-order valence-electron chi connectivity index (χ0n) is 12.3. The standard InChI is InChI=1S/C17H11ClN2O4/c18-11-3-1-10(2-4-11)15-8-13(20-24-15)17(21)19-12-5-6-14-16(7-12)23-9-22-14/h1-8H,9H2,(H,19,21).